The summed E-state index contributed by atoms with van der Waals surface area (Å²) in [5.41, 5.74) is 1.62. The first-order valence-corrected chi connectivity index (χ1v) is 21.9. The molecule has 3 fully saturated rings. The van der Waals surface area contributed by atoms with Crippen molar-refractivity contribution in [3.05, 3.63) is 47.6 Å². The van der Waals surface area contributed by atoms with Gasteiger partial charge in [-0.25, -0.2) is 0 Å². The molecule has 8 unspecified atom stereocenters. The predicted molar refractivity (Wildman–Crippen MR) is 223 cm³/mol. The third-order valence-electron chi connectivity index (χ3n) is 12.3. The molecule has 0 aromatic carbocycles. The van der Waals surface area contributed by atoms with Crippen molar-refractivity contribution in [2.75, 3.05) is 20.2 Å². The Bertz CT molecular complexity index is 1400. The van der Waals surface area contributed by atoms with Gasteiger partial charge in [-0.2, -0.15) is 0 Å². The number of nitrogens with zero attached hydrogens (tertiary/aromatic N) is 1. The Labute approximate surface area is 342 Å². The Hall–Kier alpha value is -3.21. The fraction of sp³-hybridized carbons (Fsp3) is 0.723. The summed E-state index contributed by atoms with van der Waals surface area (Å²) < 4.78 is 17.2. The molecule has 2 saturated heterocycles. The quantitative estimate of drug-likeness (QED) is 0.0442. The van der Waals surface area contributed by atoms with Gasteiger partial charge in [0.05, 0.1) is 18.3 Å². The lowest BCUT2D eigenvalue weighted by molar-refractivity contribution is -0.157. The average molecular weight is 796 g/mol. The number of aliphatic hydroxyl groups excluding tert-OH is 1. The number of amides is 1. The second-order valence-corrected chi connectivity index (χ2v) is 17.1. The summed E-state index contributed by atoms with van der Waals surface area (Å²) in [6.45, 7) is 11.2. The molecule has 1 saturated carbocycles. The lowest BCUT2D eigenvalue weighted by Gasteiger charge is -2.33. The van der Waals surface area contributed by atoms with Crippen molar-refractivity contribution in [2.24, 2.45) is 23.7 Å². The summed E-state index contributed by atoms with van der Waals surface area (Å²) in [5, 5.41) is 10.8. The molecule has 1 amide bonds. The second kappa shape index (κ2) is 26.0. The van der Waals surface area contributed by atoms with Gasteiger partial charge < -0.3 is 24.2 Å². The summed E-state index contributed by atoms with van der Waals surface area (Å²) in [4.78, 5) is 64.6. The number of piperidine rings is 1. The topological polar surface area (TPSA) is 137 Å². The second-order valence-electron chi connectivity index (χ2n) is 17.1. The number of methoxy groups -OCH3 is 1. The van der Waals surface area contributed by atoms with Gasteiger partial charge in [0.15, 0.2) is 0 Å². The molecule has 10 heteroatoms. The fourth-order valence-electron chi connectivity index (χ4n) is 8.52. The Morgan fingerprint density at radius 1 is 0.842 bits per heavy atom. The summed E-state index contributed by atoms with van der Waals surface area (Å²) in [6, 6.07) is 0. The first kappa shape index (κ1) is 48.2. The molecule has 0 spiro atoms. The monoisotopic (exact) mass is 796 g/mol. The predicted octanol–water partition coefficient (Wildman–Crippen LogP) is 8.40. The maximum Gasteiger partial charge on any atom is 0.293 e. The number of ketones is 3. The van der Waals surface area contributed by atoms with E-state index in [1.807, 2.05) is 38.2 Å². The van der Waals surface area contributed by atoms with Crippen molar-refractivity contribution in [1.82, 2.24) is 4.90 Å². The van der Waals surface area contributed by atoms with Crippen molar-refractivity contribution in [1.29, 1.82) is 0 Å². The van der Waals surface area contributed by atoms with Crippen LogP contribution in [0, 0.1) is 23.7 Å². The number of carbonyl (C=O) groups is 5. The highest BCUT2D eigenvalue weighted by Gasteiger charge is 2.35. The largest absolute Gasteiger partial charge is 0.464 e. The van der Waals surface area contributed by atoms with Crippen LogP contribution in [0.3, 0.4) is 0 Å². The molecule has 0 bridgehead atoms. The molecule has 3 rings (SSSR count). The van der Waals surface area contributed by atoms with Crippen LogP contribution in [0.2, 0.25) is 0 Å². The van der Waals surface area contributed by atoms with Crippen molar-refractivity contribution >= 4 is 29.7 Å². The van der Waals surface area contributed by atoms with E-state index in [-0.39, 0.29) is 48.5 Å². The van der Waals surface area contributed by atoms with E-state index in [0.717, 1.165) is 44.1 Å². The van der Waals surface area contributed by atoms with Crippen LogP contribution in [0.5, 0.6) is 0 Å². The Morgan fingerprint density at radius 2 is 1.54 bits per heavy atom. The van der Waals surface area contributed by atoms with Gasteiger partial charge in [-0.3, -0.25) is 24.0 Å². The third kappa shape index (κ3) is 17.3. The summed E-state index contributed by atoms with van der Waals surface area (Å²) in [6.07, 6.45) is 23.6. The summed E-state index contributed by atoms with van der Waals surface area (Å²) >= 11 is 0. The van der Waals surface area contributed by atoms with E-state index in [1.165, 1.54) is 32.1 Å². The van der Waals surface area contributed by atoms with Crippen LogP contribution in [0.1, 0.15) is 144 Å². The molecule has 0 radical (unpaired) electrons. The van der Waals surface area contributed by atoms with Crippen LogP contribution < -0.4 is 0 Å². The molecule has 3 aliphatic rings. The third-order valence-corrected chi connectivity index (χ3v) is 12.3. The van der Waals surface area contributed by atoms with Crippen LogP contribution in [0.15, 0.2) is 47.6 Å². The zero-order valence-corrected chi connectivity index (χ0v) is 35.8. The van der Waals surface area contributed by atoms with E-state index in [2.05, 4.69) is 13.0 Å². The lowest BCUT2D eigenvalue weighted by atomic mass is 9.84. The molecule has 0 aromatic rings. The van der Waals surface area contributed by atoms with Gasteiger partial charge in [-0.1, -0.05) is 89.3 Å². The number of rotatable bonds is 24. The molecule has 8 atom stereocenters. The summed E-state index contributed by atoms with van der Waals surface area (Å²) in [7, 11) is 1.67. The Morgan fingerprint density at radius 3 is 2.23 bits per heavy atom. The number of allylic oxidation sites excluding steroid dienone is 6. The van der Waals surface area contributed by atoms with Crippen LogP contribution in [-0.4, -0.2) is 90.5 Å². The van der Waals surface area contributed by atoms with E-state index in [4.69, 9.17) is 14.2 Å². The molecule has 57 heavy (non-hydrogen) atoms. The molecular weight excluding hydrogens is 723 g/mol. The SMILES string of the molecule is COC(CC1CCCC(C(=O)C(=O)N2CCCCC2)O1)/C(C)=C/C=C/C=C/C(C)CC(C)C(=O)CC(O)/C(C)=C/C(C)C(=O)CC(CCC1CCCCC1)OC=O. The number of carbonyl (C=O) groups excluding carboxylic acids is 5. The van der Waals surface area contributed by atoms with Gasteiger partial charge in [0.2, 0.25) is 5.78 Å². The first-order valence-electron chi connectivity index (χ1n) is 21.9. The maximum atomic E-state index is 13.1. The smallest absolute Gasteiger partial charge is 0.293 e. The van der Waals surface area contributed by atoms with Crippen molar-refractivity contribution in [2.45, 2.75) is 174 Å². The number of ether oxygens (including phenoxy) is 3. The van der Waals surface area contributed by atoms with E-state index in [1.54, 1.807) is 31.9 Å². The van der Waals surface area contributed by atoms with Gasteiger partial charge in [0.1, 0.15) is 23.8 Å². The van der Waals surface area contributed by atoms with Crippen molar-refractivity contribution in [3.63, 3.8) is 0 Å². The number of aliphatic hydroxyl groups is 1. The normalized spacial score (nSPS) is 23.5. The minimum atomic E-state index is -0.967. The molecule has 2 heterocycles. The fourth-order valence-corrected chi connectivity index (χ4v) is 8.52. The van der Waals surface area contributed by atoms with Gasteiger partial charge in [0.25, 0.3) is 12.4 Å². The molecule has 1 aliphatic carbocycles. The Balaban J connectivity index is 1.40. The summed E-state index contributed by atoms with van der Waals surface area (Å²) in [5.74, 6) is -0.829. The first-order chi connectivity index (χ1) is 27.3. The molecular formula is C47H73NO9. The van der Waals surface area contributed by atoms with Gasteiger partial charge in [-0.05, 0) is 94.6 Å². The van der Waals surface area contributed by atoms with Crippen LogP contribution >= 0.6 is 0 Å². The van der Waals surface area contributed by atoms with E-state index in [9.17, 15) is 29.1 Å². The minimum absolute atomic E-state index is 0.0106. The van der Waals surface area contributed by atoms with Crippen LogP contribution in [-0.2, 0) is 38.2 Å². The zero-order valence-electron chi connectivity index (χ0n) is 35.8. The van der Waals surface area contributed by atoms with Gasteiger partial charge in [0, 0.05) is 51.3 Å². The molecule has 2 aliphatic heterocycles. The van der Waals surface area contributed by atoms with Crippen LogP contribution in [0.25, 0.3) is 0 Å². The molecule has 1 N–H and O–H groups in total. The standard InChI is InChI=1S/C47H73NO9/c1-33(17-10-7-11-18-34(2)45(55-6)30-40-21-16-22-44(57-40)46(53)47(54)48-25-14-9-15-26-48)27-35(3)42(51)31-43(52)37(5)28-36(4)41(50)29-39(56-32-49)24-23-38-19-12-8-13-20-38/h7,10-11,17-18,28,32-33,35-36,38-40,43-45,52H,8-9,12-16,19-27,29-31H2,1-6H3/b11-7+,17-10+,34-18+,37-28+. The lowest BCUT2D eigenvalue weighted by Crippen LogP contribution is -2.46. The highest BCUT2D eigenvalue weighted by atomic mass is 16.5. The highest BCUT2D eigenvalue weighted by molar-refractivity contribution is 6.37. The number of Topliss-reactive ketones (excluding diaryl/α,β-unsaturated/α-hetero) is 3. The molecule has 320 valence electrons. The van der Waals surface area contributed by atoms with E-state index >= 15 is 0 Å². The molecule has 10 nitrogen and oxygen atoms in total. The molecule has 0 aromatic heterocycles. The average Bonchev–Trinajstić information content (AvgIpc) is 3.21. The van der Waals surface area contributed by atoms with Gasteiger partial charge in [-0.15, -0.1) is 0 Å². The Kier molecular flexibility index (Phi) is 22.0. The van der Waals surface area contributed by atoms with Crippen molar-refractivity contribution in [3.8, 4) is 0 Å². The number of hydrogen-bond acceptors (Lipinski definition) is 9. The zero-order chi connectivity index (χ0) is 41.7. The number of hydrogen-bond donors (Lipinski definition) is 1. The van der Waals surface area contributed by atoms with Crippen molar-refractivity contribution < 1.29 is 43.3 Å². The van der Waals surface area contributed by atoms with Crippen LogP contribution in [0.4, 0.5) is 0 Å². The minimum Gasteiger partial charge on any atom is -0.464 e. The highest BCUT2D eigenvalue weighted by Crippen LogP contribution is 2.29. The van der Waals surface area contributed by atoms with E-state index < -0.39 is 35.9 Å². The van der Waals surface area contributed by atoms with Gasteiger partial charge >= 0.3 is 0 Å². The van der Waals surface area contributed by atoms with E-state index in [0.29, 0.717) is 56.7 Å². The maximum absolute atomic E-state index is 13.1. The number of likely N-dealkylation sites (tertiary alicyclic amines) is 1.